The van der Waals surface area contributed by atoms with Gasteiger partial charge in [0.2, 0.25) is 0 Å². The van der Waals surface area contributed by atoms with E-state index in [-0.39, 0.29) is 11.8 Å². The van der Waals surface area contributed by atoms with Gasteiger partial charge in [-0.05, 0) is 19.3 Å². The first-order valence-corrected chi connectivity index (χ1v) is 4.07. The average molecular weight is 177 g/mol. The van der Waals surface area contributed by atoms with Crippen LogP contribution >= 0.6 is 11.6 Å². The molecule has 1 unspecified atom stereocenters. The summed E-state index contributed by atoms with van der Waals surface area (Å²) < 4.78 is 0. The fourth-order valence-electron chi connectivity index (χ4n) is 0.723. The van der Waals surface area contributed by atoms with Gasteiger partial charge >= 0.3 is 5.97 Å². The topological polar surface area (TPSA) is 37.3 Å². The Morgan fingerprint density at radius 3 is 2.73 bits per heavy atom. The maximum atomic E-state index is 10.1. The van der Waals surface area contributed by atoms with Gasteiger partial charge in [-0.1, -0.05) is 6.08 Å². The Labute approximate surface area is 71.9 Å². The standard InChI is InChI=1S/C8H13ClO2/c1-2-3-4-7(9)5-6-8(10)11/h2,7H,1,3-6H2,(H,10,11). The van der Waals surface area contributed by atoms with E-state index in [1.54, 1.807) is 6.08 Å². The summed E-state index contributed by atoms with van der Waals surface area (Å²) in [5.41, 5.74) is 0. The third kappa shape index (κ3) is 7.40. The highest BCUT2D eigenvalue weighted by atomic mass is 35.5. The lowest BCUT2D eigenvalue weighted by atomic mass is 10.1. The second kappa shape index (κ2) is 6.23. The number of halogens is 1. The van der Waals surface area contributed by atoms with E-state index >= 15 is 0 Å². The van der Waals surface area contributed by atoms with Crippen molar-refractivity contribution in [3.8, 4) is 0 Å². The molecule has 1 N–H and O–H groups in total. The number of alkyl halides is 1. The zero-order valence-electron chi connectivity index (χ0n) is 6.42. The van der Waals surface area contributed by atoms with Crippen LogP contribution in [0.2, 0.25) is 0 Å². The predicted octanol–water partition coefficient (Wildman–Crippen LogP) is 2.42. The summed E-state index contributed by atoms with van der Waals surface area (Å²) in [5, 5.41) is 8.29. The Morgan fingerprint density at radius 2 is 2.27 bits per heavy atom. The van der Waals surface area contributed by atoms with Gasteiger partial charge in [0.1, 0.15) is 0 Å². The average Bonchev–Trinajstić information content (AvgIpc) is 1.97. The molecule has 2 nitrogen and oxygen atoms in total. The highest BCUT2D eigenvalue weighted by Crippen LogP contribution is 2.11. The number of hydrogen-bond donors (Lipinski definition) is 1. The van der Waals surface area contributed by atoms with Gasteiger partial charge in [-0.3, -0.25) is 4.79 Å². The molecule has 1 atom stereocenters. The number of hydrogen-bond acceptors (Lipinski definition) is 1. The first kappa shape index (κ1) is 10.5. The van der Waals surface area contributed by atoms with Crippen LogP contribution in [0, 0.1) is 0 Å². The van der Waals surface area contributed by atoms with Crippen molar-refractivity contribution >= 4 is 17.6 Å². The number of aliphatic carboxylic acids is 1. The number of carboxylic acids is 1. The summed E-state index contributed by atoms with van der Waals surface area (Å²) >= 11 is 5.79. The SMILES string of the molecule is C=CCCC(Cl)CCC(=O)O. The minimum absolute atomic E-state index is 0.0240. The summed E-state index contributed by atoms with van der Waals surface area (Å²) in [6.07, 6.45) is 4.16. The second-order valence-electron chi connectivity index (χ2n) is 2.40. The molecule has 0 amide bonds. The van der Waals surface area contributed by atoms with Gasteiger partial charge in [-0.15, -0.1) is 18.2 Å². The van der Waals surface area contributed by atoms with Crippen molar-refractivity contribution in [3.05, 3.63) is 12.7 Å². The Morgan fingerprint density at radius 1 is 1.64 bits per heavy atom. The van der Waals surface area contributed by atoms with Gasteiger partial charge in [0.05, 0.1) is 0 Å². The molecule has 0 radical (unpaired) electrons. The highest BCUT2D eigenvalue weighted by molar-refractivity contribution is 6.20. The van der Waals surface area contributed by atoms with Crippen LogP contribution in [0.5, 0.6) is 0 Å². The number of carboxylic acid groups (broad SMARTS) is 1. The van der Waals surface area contributed by atoms with Gasteiger partial charge in [-0.2, -0.15) is 0 Å². The molecule has 0 saturated heterocycles. The van der Waals surface area contributed by atoms with Crippen LogP contribution in [0.25, 0.3) is 0 Å². The minimum atomic E-state index is -0.783. The Balaban J connectivity index is 3.28. The molecule has 0 aromatic carbocycles. The van der Waals surface area contributed by atoms with Crippen LogP contribution < -0.4 is 0 Å². The van der Waals surface area contributed by atoms with Crippen LogP contribution in [0.4, 0.5) is 0 Å². The van der Waals surface area contributed by atoms with E-state index in [4.69, 9.17) is 16.7 Å². The van der Waals surface area contributed by atoms with E-state index in [2.05, 4.69) is 6.58 Å². The van der Waals surface area contributed by atoms with E-state index in [0.717, 1.165) is 12.8 Å². The molecule has 0 bridgehead atoms. The number of carbonyl (C=O) groups is 1. The first-order chi connectivity index (χ1) is 5.16. The summed E-state index contributed by atoms with van der Waals surface area (Å²) in [4.78, 5) is 10.1. The van der Waals surface area contributed by atoms with E-state index in [1.807, 2.05) is 0 Å². The molecule has 0 aliphatic heterocycles. The molecule has 0 aromatic rings. The van der Waals surface area contributed by atoms with Crippen LogP contribution in [-0.2, 0) is 4.79 Å². The van der Waals surface area contributed by atoms with Crippen LogP contribution in [0.15, 0.2) is 12.7 Å². The van der Waals surface area contributed by atoms with Crippen molar-refractivity contribution in [1.29, 1.82) is 0 Å². The molecule has 0 aliphatic rings. The fourth-order valence-corrected chi connectivity index (χ4v) is 0.958. The van der Waals surface area contributed by atoms with Crippen molar-refractivity contribution in [3.63, 3.8) is 0 Å². The van der Waals surface area contributed by atoms with Crippen molar-refractivity contribution in [2.24, 2.45) is 0 Å². The summed E-state index contributed by atoms with van der Waals surface area (Å²) in [6.45, 7) is 3.55. The third-order valence-electron chi connectivity index (χ3n) is 1.36. The highest BCUT2D eigenvalue weighted by Gasteiger charge is 2.05. The van der Waals surface area contributed by atoms with E-state index in [0.29, 0.717) is 6.42 Å². The van der Waals surface area contributed by atoms with E-state index in [9.17, 15) is 4.79 Å². The van der Waals surface area contributed by atoms with Crippen molar-refractivity contribution in [2.45, 2.75) is 31.1 Å². The zero-order valence-corrected chi connectivity index (χ0v) is 7.18. The predicted molar refractivity (Wildman–Crippen MR) is 45.9 cm³/mol. The smallest absolute Gasteiger partial charge is 0.303 e. The minimum Gasteiger partial charge on any atom is -0.481 e. The first-order valence-electron chi connectivity index (χ1n) is 3.63. The molecule has 0 saturated carbocycles. The molecule has 0 aromatic heterocycles. The van der Waals surface area contributed by atoms with Gasteiger partial charge in [0.25, 0.3) is 0 Å². The van der Waals surface area contributed by atoms with E-state index in [1.165, 1.54) is 0 Å². The Kier molecular flexibility index (Phi) is 5.94. The number of rotatable bonds is 6. The third-order valence-corrected chi connectivity index (χ3v) is 1.79. The molecule has 11 heavy (non-hydrogen) atoms. The van der Waals surface area contributed by atoms with Crippen LogP contribution in [-0.4, -0.2) is 16.5 Å². The largest absolute Gasteiger partial charge is 0.481 e. The monoisotopic (exact) mass is 176 g/mol. The van der Waals surface area contributed by atoms with Gasteiger partial charge in [-0.25, -0.2) is 0 Å². The summed E-state index contributed by atoms with van der Waals surface area (Å²) in [6, 6.07) is 0. The number of allylic oxidation sites excluding steroid dienone is 1. The molecule has 0 spiro atoms. The molecule has 0 aliphatic carbocycles. The van der Waals surface area contributed by atoms with Gasteiger partial charge in [0.15, 0.2) is 0 Å². The van der Waals surface area contributed by atoms with E-state index < -0.39 is 5.97 Å². The van der Waals surface area contributed by atoms with Gasteiger partial charge < -0.3 is 5.11 Å². The van der Waals surface area contributed by atoms with Gasteiger partial charge in [0, 0.05) is 11.8 Å². The fraction of sp³-hybridized carbons (Fsp3) is 0.625. The van der Waals surface area contributed by atoms with Crippen molar-refractivity contribution in [2.75, 3.05) is 0 Å². The lowest BCUT2D eigenvalue weighted by Gasteiger charge is -2.04. The van der Waals surface area contributed by atoms with Crippen molar-refractivity contribution < 1.29 is 9.90 Å². The Bertz CT molecular complexity index is 134. The van der Waals surface area contributed by atoms with Crippen molar-refractivity contribution in [1.82, 2.24) is 0 Å². The molecular formula is C8H13ClO2. The molecule has 0 fully saturated rings. The second-order valence-corrected chi connectivity index (χ2v) is 3.01. The lowest BCUT2D eigenvalue weighted by Crippen LogP contribution is -2.02. The maximum Gasteiger partial charge on any atom is 0.303 e. The van der Waals surface area contributed by atoms with Crippen LogP contribution in [0.3, 0.4) is 0 Å². The normalized spacial score (nSPS) is 12.5. The molecular weight excluding hydrogens is 164 g/mol. The molecule has 64 valence electrons. The summed E-state index contributed by atoms with van der Waals surface area (Å²) in [7, 11) is 0. The molecule has 0 rings (SSSR count). The van der Waals surface area contributed by atoms with Crippen LogP contribution in [0.1, 0.15) is 25.7 Å². The summed E-state index contributed by atoms with van der Waals surface area (Å²) in [5.74, 6) is -0.783. The quantitative estimate of drug-likeness (QED) is 0.499. The zero-order chi connectivity index (χ0) is 8.69. The molecule has 0 heterocycles. The molecule has 3 heteroatoms. The maximum absolute atomic E-state index is 10.1. The lowest BCUT2D eigenvalue weighted by molar-refractivity contribution is -0.137. The Hall–Kier alpha value is -0.500.